The van der Waals surface area contributed by atoms with Gasteiger partial charge in [-0.1, -0.05) is 285 Å². The fourth-order valence-electron chi connectivity index (χ4n) is 10.4. The van der Waals surface area contributed by atoms with Gasteiger partial charge in [0.2, 0.25) is 0 Å². The number of aliphatic hydroxyl groups is 1. The lowest BCUT2D eigenvalue weighted by Gasteiger charge is -2.21. The van der Waals surface area contributed by atoms with Gasteiger partial charge in [0, 0.05) is 25.7 Å². The van der Waals surface area contributed by atoms with Crippen molar-refractivity contribution in [2.24, 2.45) is 17.8 Å². The van der Waals surface area contributed by atoms with Gasteiger partial charge in [-0.3, -0.25) is 37.3 Å². The first-order valence-electron chi connectivity index (χ1n) is 36.7. The van der Waals surface area contributed by atoms with Gasteiger partial charge in [-0.25, -0.2) is 9.13 Å². The monoisotopic (exact) mass is 1330 g/mol. The van der Waals surface area contributed by atoms with Gasteiger partial charge in [0.05, 0.1) is 26.4 Å². The first-order valence-corrected chi connectivity index (χ1v) is 39.7. The quantitative estimate of drug-likeness (QED) is 0.0169. The summed E-state index contributed by atoms with van der Waals surface area (Å²) >= 11 is 0. The SMILES string of the molecule is CCCCCC/C=C\C=C/CCCCCCCC(=O)O[C@H](COC(=O)CCCCCCCCCCCCCC(C)C)COP(=O)(O)OCC(O)COP(=O)(O)OC[C@@H](COC(=O)CCCCCCCCCCC(C)C)OC(=O)CCCCCCCCCCC(C)C. The second kappa shape index (κ2) is 62.4. The van der Waals surface area contributed by atoms with Crippen molar-refractivity contribution in [3.05, 3.63) is 24.3 Å². The Hall–Kier alpha value is -2.46. The normalized spacial score (nSPS) is 14.3. The molecule has 0 aromatic rings. The van der Waals surface area contributed by atoms with E-state index in [9.17, 15) is 43.2 Å². The maximum Gasteiger partial charge on any atom is 0.472 e. The molecule has 3 unspecified atom stereocenters. The molecular weight excluding hydrogens is 1200 g/mol. The summed E-state index contributed by atoms with van der Waals surface area (Å²) in [5, 5.41) is 10.6. The van der Waals surface area contributed by atoms with Crippen LogP contribution in [-0.4, -0.2) is 96.7 Å². The highest BCUT2D eigenvalue weighted by Gasteiger charge is 2.30. The van der Waals surface area contributed by atoms with E-state index < -0.39 is 97.5 Å². The van der Waals surface area contributed by atoms with Gasteiger partial charge < -0.3 is 33.8 Å². The van der Waals surface area contributed by atoms with Gasteiger partial charge >= 0.3 is 39.5 Å². The van der Waals surface area contributed by atoms with Crippen molar-refractivity contribution in [1.82, 2.24) is 0 Å². The summed E-state index contributed by atoms with van der Waals surface area (Å²) in [4.78, 5) is 72.6. The molecule has 0 fully saturated rings. The lowest BCUT2D eigenvalue weighted by Crippen LogP contribution is -2.30. The summed E-state index contributed by atoms with van der Waals surface area (Å²) < 4.78 is 68.3. The van der Waals surface area contributed by atoms with Crippen molar-refractivity contribution in [2.45, 2.75) is 356 Å². The van der Waals surface area contributed by atoms with E-state index in [0.717, 1.165) is 115 Å². The molecule has 17 nitrogen and oxygen atoms in total. The van der Waals surface area contributed by atoms with Crippen LogP contribution in [0.2, 0.25) is 0 Å². The topological polar surface area (TPSA) is 237 Å². The maximum atomic E-state index is 13.0. The molecule has 536 valence electrons. The number of unbranched alkanes of at least 4 members (excludes halogenated alkanes) is 33. The van der Waals surface area contributed by atoms with Crippen LogP contribution in [0.25, 0.3) is 0 Å². The molecule has 0 saturated heterocycles. The van der Waals surface area contributed by atoms with E-state index in [2.05, 4.69) is 72.8 Å². The summed E-state index contributed by atoms with van der Waals surface area (Å²) in [6.45, 7) is 11.7. The summed E-state index contributed by atoms with van der Waals surface area (Å²) in [6, 6.07) is 0. The minimum atomic E-state index is -4.96. The first-order chi connectivity index (χ1) is 43.7. The number of allylic oxidation sites excluding steroid dienone is 4. The van der Waals surface area contributed by atoms with Crippen molar-refractivity contribution in [2.75, 3.05) is 39.6 Å². The highest BCUT2D eigenvalue weighted by Crippen LogP contribution is 2.45. The summed E-state index contributed by atoms with van der Waals surface area (Å²) in [5.41, 5.74) is 0. The van der Waals surface area contributed by atoms with Crippen LogP contribution in [0.15, 0.2) is 24.3 Å². The molecule has 0 spiro atoms. The number of phosphoric acid groups is 2. The van der Waals surface area contributed by atoms with E-state index in [0.29, 0.717) is 31.6 Å². The third-order valence-electron chi connectivity index (χ3n) is 16.0. The van der Waals surface area contributed by atoms with Gasteiger partial charge in [0.25, 0.3) is 0 Å². The number of phosphoric ester groups is 2. The number of carbonyl (C=O) groups excluding carboxylic acids is 4. The fraction of sp³-hybridized carbons (Fsp3) is 0.889. The van der Waals surface area contributed by atoms with Crippen LogP contribution < -0.4 is 0 Å². The second-order valence-corrected chi connectivity index (χ2v) is 29.6. The zero-order valence-electron chi connectivity index (χ0n) is 58.8. The molecule has 0 bridgehead atoms. The van der Waals surface area contributed by atoms with E-state index in [1.807, 2.05) is 0 Å². The summed E-state index contributed by atoms with van der Waals surface area (Å²) in [6.07, 6.45) is 49.4. The smallest absolute Gasteiger partial charge is 0.462 e. The lowest BCUT2D eigenvalue weighted by molar-refractivity contribution is -0.161. The number of rotatable bonds is 68. The minimum absolute atomic E-state index is 0.0844. The zero-order chi connectivity index (χ0) is 67.3. The van der Waals surface area contributed by atoms with E-state index in [4.69, 9.17) is 37.0 Å². The average Bonchev–Trinajstić information content (AvgIpc) is 3.55. The molecule has 0 saturated carbocycles. The van der Waals surface area contributed by atoms with Gasteiger partial charge in [-0.05, 0) is 69.1 Å². The van der Waals surface area contributed by atoms with E-state index >= 15 is 0 Å². The second-order valence-electron chi connectivity index (χ2n) is 26.7. The molecule has 19 heteroatoms. The van der Waals surface area contributed by atoms with Gasteiger partial charge in [-0.2, -0.15) is 0 Å². The Labute approximate surface area is 554 Å². The Morgan fingerprint density at radius 3 is 0.890 bits per heavy atom. The molecule has 0 aliphatic rings. The van der Waals surface area contributed by atoms with Crippen molar-refractivity contribution < 1.29 is 80.2 Å². The molecule has 0 amide bonds. The molecule has 91 heavy (non-hydrogen) atoms. The van der Waals surface area contributed by atoms with Crippen LogP contribution in [0.1, 0.15) is 337 Å². The van der Waals surface area contributed by atoms with Crippen LogP contribution in [0.4, 0.5) is 0 Å². The van der Waals surface area contributed by atoms with Gasteiger partial charge in [0.1, 0.15) is 19.3 Å². The lowest BCUT2D eigenvalue weighted by atomic mass is 10.0. The van der Waals surface area contributed by atoms with Crippen molar-refractivity contribution in [1.29, 1.82) is 0 Å². The Morgan fingerprint density at radius 2 is 0.593 bits per heavy atom. The van der Waals surface area contributed by atoms with E-state index in [1.165, 1.54) is 135 Å². The molecule has 0 rings (SSSR count). The molecular formula is C72H136O17P2. The van der Waals surface area contributed by atoms with Gasteiger partial charge in [-0.15, -0.1) is 0 Å². The number of hydrogen-bond donors (Lipinski definition) is 3. The number of hydrogen-bond acceptors (Lipinski definition) is 15. The molecule has 0 aliphatic heterocycles. The number of aliphatic hydroxyl groups excluding tert-OH is 1. The number of carbonyl (C=O) groups is 4. The molecule has 0 aromatic carbocycles. The number of ether oxygens (including phenoxy) is 4. The Morgan fingerprint density at radius 1 is 0.341 bits per heavy atom. The Balaban J connectivity index is 5.30. The number of esters is 4. The predicted molar refractivity (Wildman–Crippen MR) is 367 cm³/mol. The molecule has 0 aliphatic carbocycles. The van der Waals surface area contributed by atoms with Crippen molar-refractivity contribution in [3.8, 4) is 0 Å². The molecule has 0 radical (unpaired) electrons. The molecule has 3 N–H and O–H groups in total. The van der Waals surface area contributed by atoms with Gasteiger partial charge in [0.15, 0.2) is 12.2 Å². The van der Waals surface area contributed by atoms with E-state index in [-0.39, 0.29) is 25.7 Å². The summed E-state index contributed by atoms with van der Waals surface area (Å²) in [5.74, 6) is 0.0537. The largest absolute Gasteiger partial charge is 0.472 e. The zero-order valence-corrected chi connectivity index (χ0v) is 60.6. The third kappa shape index (κ3) is 66.0. The predicted octanol–water partition coefficient (Wildman–Crippen LogP) is 20.2. The highest BCUT2D eigenvalue weighted by atomic mass is 31.2. The van der Waals surface area contributed by atoms with Crippen LogP contribution in [-0.2, 0) is 65.4 Å². The maximum absolute atomic E-state index is 13.0. The molecule has 5 atom stereocenters. The standard InChI is InChI=1S/C72H136O17P2/c1-8-9-10-11-12-13-14-15-16-17-20-24-34-41-48-55-71(76)88-67(59-82-69(74)53-46-39-32-23-21-18-19-22-29-36-43-50-63(2)3)61-86-90(78,79)84-57-66(73)58-85-91(80,81)87-62-68(89-72(77)56-49-42-35-28-26-31-38-45-52-65(6)7)60-83-70(75)54-47-40-33-27-25-30-37-44-51-64(4)5/h13-16,63-68,73H,8-12,17-62H2,1-7H3,(H,78,79)(H,80,81)/b14-13-,16-15-/t66?,67-,68-/m1/s1. The first kappa shape index (κ1) is 88.5. The molecule has 0 aromatic heterocycles. The Kier molecular flexibility index (Phi) is 60.7. The Bertz CT molecular complexity index is 1880. The highest BCUT2D eigenvalue weighted by molar-refractivity contribution is 7.47. The van der Waals surface area contributed by atoms with Crippen LogP contribution in [0.5, 0.6) is 0 Å². The van der Waals surface area contributed by atoms with Crippen LogP contribution in [0, 0.1) is 17.8 Å². The minimum Gasteiger partial charge on any atom is -0.462 e. The van der Waals surface area contributed by atoms with Crippen molar-refractivity contribution >= 4 is 39.5 Å². The van der Waals surface area contributed by atoms with Crippen LogP contribution in [0.3, 0.4) is 0 Å². The summed E-state index contributed by atoms with van der Waals surface area (Å²) in [7, 11) is -9.92. The third-order valence-corrected chi connectivity index (χ3v) is 17.9. The van der Waals surface area contributed by atoms with Crippen molar-refractivity contribution in [3.63, 3.8) is 0 Å². The molecule has 0 heterocycles. The average molecular weight is 1340 g/mol. The fourth-order valence-corrected chi connectivity index (χ4v) is 11.9. The van der Waals surface area contributed by atoms with E-state index in [1.54, 1.807) is 0 Å². The van der Waals surface area contributed by atoms with Crippen LogP contribution >= 0.6 is 15.6 Å².